The minimum atomic E-state index is -0.997. The SMILES string of the molecule is O=C(NCCCC(=O)N1C(C(=O)O)CC2OCCC21)OCC1c2ccccc2-c2ccccc21. The summed E-state index contributed by atoms with van der Waals surface area (Å²) in [4.78, 5) is 38.1. The molecule has 2 aliphatic heterocycles. The summed E-state index contributed by atoms with van der Waals surface area (Å²) in [6, 6.07) is 15.3. The molecule has 0 aromatic heterocycles. The van der Waals surface area contributed by atoms with Crippen molar-refractivity contribution in [1.82, 2.24) is 10.2 Å². The summed E-state index contributed by atoms with van der Waals surface area (Å²) in [6.07, 6.45) is 0.857. The zero-order valence-electron chi connectivity index (χ0n) is 18.8. The number of carboxylic acids is 1. The van der Waals surface area contributed by atoms with Crippen LogP contribution in [0.4, 0.5) is 4.79 Å². The van der Waals surface area contributed by atoms with Crippen molar-refractivity contribution in [2.45, 2.75) is 49.8 Å². The van der Waals surface area contributed by atoms with Crippen LogP contribution in [0, 0.1) is 0 Å². The van der Waals surface area contributed by atoms with Crippen molar-refractivity contribution in [3.63, 3.8) is 0 Å². The van der Waals surface area contributed by atoms with Crippen molar-refractivity contribution in [2.75, 3.05) is 19.8 Å². The van der Waals surface area contributed by atoms with Crippen molar-refractivity contribution in [2.24, 2.45) is 0 Å². The Morgan fingerprint density at radius 1 is 1.06 bits per heavy atom. The van der Waals surface area contributed by atoms with E-state index < -0.39 is 18.1 Å². The third-order valence-electron chi connectivity index (χ3n) is 7.08. The number of alkyl carbamates (subject to hydrolysis) is 1. The molecule has 2 saturated heterocycles. The first kappa shape index (κ1) is 22.4. The summed E-state index contributed by atoms with van der Waals surface area (Å²) in [5.41, 5.74) is 4.63. The maximum Gasteiger partial charge on any atom is 0.407 e. The highest BCUT2D eigenvalue weighted by molar-refractivity contribution is 5.85. The fourth-order valence-corrected chi connectivity index (χ4v) is 5.53. The van der Waals surface area contributed by atoms with E-state index in [-0.39, 0.29) is 43.5 Å². The van der Waals surface area contributed by atoms with Gasteiger partial charge in [-0.15, -0.1) is 0 Å². The predicted molar refractivity (Wildman–Crippen MR) is 123 cm³/mol. The number of benzene rings is 2. The lowest BCUT2D eigenvalue weighted by molar-refractivity contribution is -0.149. The van der Waals surface area contributed by atoms with Crippen LogP contribution < -0.4 is 5.32 Å². The molecule has 2 heterocycles. The van der Waals surface area contributed by atoms with Gasteiger partial charge in [-0.3, -0.25) is 4.79 Å². The van der Waals surface area contributed by atoms with Gasteiger partial charge in [-0.25, -0.2) is 9.59 Å². The lowest BCUT2D eigenvalue weighted by Gasteiger charge is -2.26. The molecule has 3 aliphatic rings. The Kier molecular flexibility index (Phi) is 6.24. The van der Waals surface area contributed by atoms with E-state index >= 15 is 0 Å². The van der Waals surface area contributed by atoms with Crippen molar-refractivity contribution in [3.05, 3.63) is 59.7 Å². The van der Waals surface area contributed by atoms with Crippen LogP contribution in [0.15, 0.2) is 48.5 Å². The zero-order chi connectivity index (χ0) is 23.7. The number of likely N-dealkylation sites (tertiary alicyclic amines) is 1. The van der Waals surface area contributed by atoms with Crippen molar-refractivity contribution < 1.29 is 29.0 Å². The van der Waals surface area contributed by atoms with E-state index in [9.17, 15) is 19.5 Å². The van der Waals surface area contributed by atoms with Crippen LogP contribution in [-0.4, -0.2) is 65.9 Å². The molecule has 2 N–H and O–H groups in total. The molecule has 8 nitrogen and oxygen atoms in total. The first-order valence-corrected chi connectivity index (χ1v) is 11.8. The molecule has 0 radical (unpaired) electrons. The molecule has 3 atom stereocenters. The average Bonchev–Trinajstić information content (AvgIpc) is 3.52. The molecule has 5 rings (SSSR count). The quantitative estimate of drug-likeness (QED) is 0.610. The highest BCUT2D eigenvalue weighted by Gasteiger charge is 2.49. The van der Waals surface area contributed by atoms with Gasteiger partial charge >= 0.3 is 12.1 Å². The van der Waals surface area contributed by atoms with Gasteiger partial charge in [-0.2, -0.15) is 0 Å². The van der Waals surface area contributed by atoms with E-state index in [1.165, 1.54) is 16.0 Å². The molecule has 0 saturated carbocycles. The number of nitrogens with one attached hydrogen (secondary N) is 1. The second-order valence-electron chi connectivity index (χ2n) is 9.01. The van der Waals surface area contributed by atoms with E-state index in [0.29, 0.717) is 25.9 Å². The number of aliphatic carboxylic acids is 1. The molecule has 8 heteroatoms. The van der Waals surface area contributed by atoms with Gasteiger partial charge in [0.25, 0.3) is 0 Å². The third kappa shape index (κ3) is 4.14. The molecule has 178 valence electrons. The highest BCUT2D eigenvalue weighted by Crippen LogP contribution is 2.44. The van der Waals surface area contributed by atoms with Gasteiger partial charge in [0.05, 0.1) is 12.1 Å². The second kappa shape index (κ2) is 9.46. The standard InChI is InChI=1S/C26H28N2O6/c29-24(28-21-11-13-33-23(21)14-22(28)25(30)31)10-5-12-27-26(32)34-15-20-18-8-3-1-6-16(18)17-7-2-4-9-19(17)20/h1-4,6-9,20-23H,5,10-15H2,(H,27,32)(H,30,31). The summed E-state index contributed by atoms with van der Waals surface area (Å²) in [5.74, 6) is -1.22. The minimum Gasteiger partial charge on any atom is -0.480 e. The van der Waals surface area contributed by atoms with Gasteiger partial charge < -0.3 is 24.8 Å². The maximum absolute atomic E-state index is 12.7. The first-order valence-electron chi connectivity index (χ1n) is 11.8. The zero-order valence-corrected chi connectivity index (χ0v) is 18.8. The first-order chi connectivity index (χ1) is 16.5. The molecule has 0 spiro atoms. The Hall–Kier alpha value is -3.39. The lowest BCUT2D eigenvalue weighted by Crippen LogP contribution is -2.45. The molecule has 34 heavy (non-hydrogen) atoms. The number of carboxylic acid groups (broad SMARTS) is 1. The van der Waals surface area contributed by atoms with Crippen LogP contribution in [0.5, 0.6) is 0 Å². The van der Waals surface area contributed by atoms with Crippen LogP contribution in [0.25, 0.3) is 11.1 Å². The van der Waals surface area contributed by atoms with Crippen molar-refractivity contribution >= 4 is 18.0 Å². The van der Waals surface area contributed by atoms with E-state index in [1.807, 2.05) is 24.3 Å². The molecule has 2 aromatic carbocycles. The van der Waals surface area contributed by atoms with Crippen LogP contribution in [0.1, 0.15) is 42.7 Å². The smallest absolute Gasteiger partial charge is 0.407 e. The number of hydrogen-bond acceptors (Lipinski definition) is 5. The Bertz CT molecular complexity index is 1060. The fraction of sp³-hybridized carbons (Fsp3) is 0.423. The number of carbonyl (C=O) groups excluding carboxylic acids is 2. The van der Waals surface area contributed by atoms with Crippen LogP contribution >= 0.6 is 0 Å². The Morgan fingerprint density at radius 3 is 2.41 bits per heavy atom. The Morgan fingerprint density at radius 2 is 1.74 bits per heavy atom. The van der Waals surface area contributed by atoms with Crippen LogP contribution in [0.3, 0.4) is 0 Å². The Labute approximate surface area is 197 Å². The monoisotopic (exact) mass is 464 g/mol. The van der Waals surface area contributed by atoms with E-state index in [1.54, 1.807) is 0 Å². The molecule has 0 bridgehead atoms. The van der Waals surface area contributed by atoms with Crippen molar-refractivity contribution in [1.29, 1.82) is 0 Å². The predicted octanol–water partition coefficient (Wildman–Crippen LogP) is 3.15. The number of carbonyl (C=O) groups is 3. The summed E-state index contributed by atoms with van der Waals surface area (Å²) in [7, 11) is 0. The molecule has 2 fully saturated rings. The number of ether oxygens (including phenoxy) is 2. The van der Waals surface area contributed by atoms with E-state index in [4.69, 9.17) is 9.47 Å². The van der Waals surface area contributed by atoms with E-state index in [0.717, 1.165) is 11.1 Å². The highest BCUT2D eigenvalue weighted by atomic mass is 16.5. The van der Waals surface area contributed by atoms with Gasteiger partial charge in [-0.05, 0) is 35.1 Å². The molecular formula is C26H28N2O6. The second-order valence-corrected chi connectivity index (χ2v) is 9.01. The van der Waals surface area contributed by atoms with E-state index in [2.05, 4.69) is 29.6 Å². The summed E-state index contributed by atoms with van der Waals surface area (Å²) >= 11 is 0. The molecule has 2 aromatic rings. The van der Waals surface area contributed by atoms with Crippen LogP contribution in [0.2, 0.25) is 0 Å². The molecule has 2 amide bonds. The number of fused-ring (bicyclic) bond motifs is 4. The number of hydrogen-bond donors (Lipinski definition) is 2. The van der Waals surface area contributed by atoms with Gasteiger partial charge in [0.2, 0.25) is 5.91 Å². The third-order valence-corrected chi connectivity index (χ3v) is 7.08. The average molecular weight is 465 g/mol. The summed E-state index contributed by atoms with van der Waals surface area (Å²) < 4.78 is 11.1. The number of amides is 2. The number of rotatable bonds is 7. The topological polar surface area (TPSA) is 105 Å². The molecule has 3 unspecified atom stereocenters. The van der Waals surface area contributed by atoms with Crippen LogP contribution in [-0.2, 0) is 19.1 Å². The van der Waals surface area contributed by atoms with Gasteiger partial charge in [-0.1, -0.05) is 48.5 Å². The maximum atomic E-state index is 12.7. The lowest BCUT2D eigenvalue weighted by atomic mass is 9.98. The summed E-state index contributed by atoms with van der Waals surface area (Å²) in [6.45, 7) is 1.06. The minimum absolute atomic E-state index is 0.00979. The van der Waals surface area contributed by atoms with Crippen molar-refractivity contribution in [3.8, 4) is 11.1 Å². The molecular weight excluding hydrogens is 436 g/mol. The molecule has 1 aliphatic carbocycles. The number of nitrogens with zero attached hydrogens (tertiary/aromatic N) is 1. The van der Waals surface area contributed by atoms with Gasteiger partial charge in [0.15, 0.2) is 0 Å². The van der Waals surface area contributed by atoms with Gasteiger partial charge in [0, 0.05) is 31.9 Å². The largest absolute Gasteiger partial charge is 0.480 e. The fourth-order valence-electron chi connectivity index (χ4n) is 5.53. The van der Waals surface area contributed by atoms with Gasteiger partial charge in [0.1, 0.15) is 12.6 Å². The normalized spacial score (nSPS) is 22.7. The summed E-state index contributed by atoms with van der Waals surface area (Å²) in [5, 5.41) is 12.2. The Balaban J connectivity index is 1.10.